The van der Waals surface area contributed by atoms with Crippen LogP contribution in [0.3, 0.4) is 0 Å². The van der Waals surface area contributed by atoms with Gasteiger partial charge in [0.1, 0.15) is 12.3 Å². The molecule has 2 heterocycles. The maximum Gasteiger partial charge on any atom is 0.274 e. The topological polar surface area (TPSA) is 84.3 Å². The van der Waals surface area contributed by atoms with Crippen molar-refractivity contribution in [2.45, 2.75) is 0 Å². The van der Waals surface area contributed by atoms with Crippen molar-refractivity contribution < 1.29 is 14.6 Å². The van der Waals surface area contributed by atoms with Gasteiger partial charge in [-0.3, -0.25) is 4.79 Å². The number of nitrogens with zero attached hydrogens (tertiary/aromatic N) is 2. The first-order chi connectivity index (χ1) is 10.2. The summed E-state index contributed by atoms with van der Waals surface area (Å²) < 4.78 is 4.94. The minimum atomic E-state index is -0.344. The van der Waals surface area contributed by atoms with Gasteiger partial charge in [-0.05, 0) is 18.2 Å². The maximum absolute atomic E-state index is 12.0. The lowest BCUT2D eigenvalue weighted by Gasteiger charge is -2.05. The van der Waals surface area contributed by atoms with Crippen LogP contribution in [0.2, 0.25) is 0 Å². The number of carbonyl (C=O) groups is 1. The first kappa shape index (κ1) is 14.5. The number of hydrogen-bond donors (Lipinski definition) is 2. The molecule has 2 rings (SSSR count). The first-order valence-electron chi connectivity index (χ1n) is 6.10. The molecule has 1 amide bonds. The van der Waals surface area contributed by atoms with Gasteiger partial charge in [0.2, 0.25) is 5.88 Å². The van der Waals surface area contributed by atoms with Crippen molar-refractivity contribution in [1.82, 2.24) is 9.97 Å². The highest BCUT2D eigenvalue weighted by Gasteiger charge is 2.07. The van der Waals surface area contributed by atoms with E-state index in [0.717, 1.165) is 0 Å². The van der Waals surface area contributed by atoms with Gasteiger partial charge < -0.3 is 15.2 Å². The molecule has 0 unspecified atom stereocenters. The van der Waals surface area contributed by atoms with Gasteiger partial charge in [-0.2, -0.15) is 0 Å². The number of carbonyl (C=O) groups excluding carboxylic acids is 1. The summed E-state index contributed by atoms with van der Waals surface area (Å²) in [4.78, 5) is 20.0. The van der Waals surface area contributed by atoms with Crippen LogP contribution in [0.5, 0.6) is 5.88 Å². The molecule has 2 N–H and O–H groups in total. The van der Waals surface area contributed by atoms with Crippen LogP contribution in [0, 0.1) is 11.8 Å². The average Bonchev–Trinajstić information content (AvgIpc) is 2.54. The number of pyridine rings is 2. The van der Waals surface area contributed by atoms with Crippen LogP contribution in [0.1, 0.15) is 16.1 Å². The minimum absolute atomic E-state index is 0.216. The van der Waals surface area contributed by atoms with E-state index in [1.807, 2.05) is 0 Å². The third-order valence-electron chi connectivity index (χ3n) is 2.51. The van der Waals surface area contributed by atoms with Gasteiger partial charge in [0.05, 0.1) is 19.0 Å². The predicted molar refractivity (Wildman–Crippen MR) is 76.9 cm³/mol. The molecule has 0 aliphatic heterocycles. The molecule has 21 heavy (non-hydrogen) atoms. The van der Waals surface area contributed by atoms with Crippen molar-refractivity contribution in [2.24, 2.45) is 0 Å². The van der Waals surface area contributed by atoms with E-state index in [2.05, 4.69) is 27.1 Å². The first-order valence-corrected chi connectivity index (χ1v) is 6.10. The number of rotatable bonds is 3. The van der Waals surface area contributed by atoms with Crippen LogP contribution in [0.4, 0.5) is 5.69 Å². The SMILES string of the molecule is COc1ccc(NC(=O)c2ccc(C#CCO)cn2)cn1. The number of nitrogens with one attached hydrogen (secondary N) is 1. The Hall–Kier alpha value is -2.91. The van der Waals surface area contributed by atoms with Gasteiger partial charge in [-0.25, -0.2) is 9.97 Å². The molecule has 0 aliphatic rings. The number of aliphatic hydroxyl groups is 1. The predicted octanol–water partition coefficient (Wildman–Crippen LogP) is 1.08. The highest BCUT2D eigenvalue weighted by molar-refractivity contribution is 6.02. The van der Waals surface area contributed by atoms with Gasteiger partial charge in [-0.15, -0.1) is 0 Å². The summed E-state index contributed by atoms with van der Waals surface area (Å²) in [6, 6.07) is 6.56. The lowest BCUT2D eigenvalue weighted by atomic mass is 10.2. The average molecular weight is 283 g/mol. The molecule has 106 valence electrons. The van der Waals surface area contributed by atoms with Crippen LogP contribution in [0.15, 0.2) is 36.7 Å². The number of aliphatic hydroxyl groups excluding tert-OH is 1. The highest BCUT2D eigenvalue weighted by Crippen LogP contribution is 2.12. The number of aromatic nitrogens is 2. The van der Waals surface area contributed by atoms with Crippen molar-refractivity contribution in [2.75, 3.05) is 19.0 Å². The fraction of sp³-hybridized carbons (Fsp3) is 0.133. The fourth-order valence-corrected chi connectivity index (χ4v) is 1.51. The Morgan fingerprint density at radius 1 is 1.29 bits per heavy atom. The summed E-state index contributed by atoms with van der Waals surface area (Å²) in [5, 5.41) is 11.3. The molecule has 0 atom stereocenters. The Balaban J connectivity index is 2.05. The summed E-state index contributed by atoms with van der Waals surface area (Å²) >= 11 is 0. The van der Waals surface area contributed by atoms with Crippen LogP contribution in [-0.2, 0) is 0 Å². The second-order valence-corrected chi connectivity index (χ2v) is 3.94. The van der Waals surface area contributed by atoms with E-state index < -0.39 is 0 Å². The van der Waals surface area contributed by atoms with Gasteiger partial charge >= 0.3 is 0 Å². The normalized spacial score (nSPS) is 9.43. The van der Waals surface area contributed by atoms with E-state index in [9.17, 15) is 4.79 Å². The van der Waals surface area contributed by atoms with Gasteiger partial charge in [0, 0.05) is 17.8 Å². The summed E-state index contributed by atoms with van der Waals surface area (Å²) in [6.07, 6.45) is 2.97. The number of anilines is 1. The maximum atomic E-state index is 12.0. The van der Waals surface area contributed by atoms with Crippen molar-refractivity contribution >= 4 is 11.6 Å². The molecule has 0 fully saturated rings. The highest BCUT2D eigenvalue weighted by atomic mass is 16.5. The zero-order valence-corrected chi connectivity index (χ0v) is 11.3. The van der Waals surface area contributed by atoms with Crippen molar-refractivity contribution in [3.8, 4) is 17.7 Å². The quantitative estimate of drug-likeness (QED) is 0.823. The molecule has 0 spiro atoms. The molecule has 0 saturated carbocycles. The van der Waals surface area contributed by atoms with E-state index in [1.165, 1.54) is 19.5 Å². The Morgan fingerprint density at radius 2 is 2.14 bits per heavy atom. The van der Waals surface area contributed by atoms with Crippen LogP contribution in [0.25, 0.3) is 0 Å². The van der Waals surface area contributed by atoms with Gasteiger partial charge in [-0.1, -0.05) is 11.8 Å². The number of hydrogen-bond acceptors (Lipinski definition) is 5. The molecule has 6 heteroatoms. The molecule has 0 aromatic carbocycles. The summed E-state index contributed by atoms with van der Waals surface area (Å²) in [7, 11) is 1.52. The minimum Gasteiger partial charge on any atom is -0.481 e. The standard InChI is InChI=1S/C15H13N3O3/c1-21-14-7-5-12(10-17-14)18-15(20)13-6-4-11(9-16-13)3-2-8-19/h4-7,9-10,19H,8H2,1H3,(H,18,20). The van der Waals surface area contributed by atoms with Crippen molar-refractivity contribution in [3.63, 3.8) is 0 Å². The zero-order valence-electron chi connectivity index (χ0n) is 11.3. The van der Waals surface area contributed by atoms with Crippen molar-refractivity contribution in [1.29, 1.82) is 0 Å². The van der Waals surface area contributed by atoms with Crippen LogP contribution >= 0.6 is 0 Å². The van der Waals surface area contributed by atoms with E-state index in [4.69, 9.17) is 9.84 Å². The number of methoxy groups -OCH3 is 1. The van der Waals surface area contributed by atoms with Crippen LogP contribution < -0.4 is 10.1 Å². The molecule has 2 aromatic rings. The monoisotopic (exact) mass is 283 g/mol. The molecular weight excluding hydrogens is 270 g/mol. The van der Waals surface area contributed by atoms with Gasteiger partial charge in [0.25, 0.3) is 5.91 Å². The zero-order chi connectivity index (χ0) is 15.1. The van der Waals surface area contributed by atoms with E-state index in [1.54, 1.807) is 24.3 Å². The lowest BCUT2D eigenvalue weighted by Crippen LogP contribution is -2.13. The summed E-state index contributed by atoms with van der Waals surface area (Å²) in [5.41, 5.74) is 1.44. The summed E-state index contributed by atoms with van der Waals surface area (Å²) in [6.45, 7) is -0.216. The summed E-state index contributed by atoms with van der Waals surface area (Å²) in [5.74, 6) is 5.34. The van der Waals surface area contributed by atoms with Crippen LogP contribution in [-0.4, -0.2) is 34.7 Å². The molecule has 0 bridgehead atoms. The Bertz CT molecular complexity index is 670. The van der Waals surface area contributed by atoms with Crippen molar-refractivity contribution in [3.05, 3.63) is 47.9 Å². The number of ether oxygens (including phenoxy) is 1. The second-order valence-electron chi connectivity index (χ2n) is 3.94. The molecule has 0 radical (unpaired) electrons. The van der Waals surface area contributed by atoms with E-state index in [0.29, 0.717) is 17.1 Å². The second kappa shape index (κ2) is 7.03. The lowest BCUT2D eigenvalue weighted by molar-refractivity contribution is 0.102. The van der Waals surface area contributed by atoms with E-state index in [-0.39, 0.29) is 18.2 Å². The van der Waals surface area contributed by atoms with Gasteiger partial charge in [0.15, 0.2) is 0 Å². The fourth-order valence-electron chi connectivity index (χ4n) is 1.51. The molecule has 2 aromatic heterocycles. The Morgan fingerprint density at radius 3 is 2.71 bits per heavy atom. The molecule has 6 nitrogen and oxygen atoms in total. The third kappa shape index (κ3) is 4.03. The Kier molecular flexibility index (Phi) is 4.85. The number of amides is 1. The smallest absolute Gasteiger partial charge is 0.274 e. The largest absolute Gasteiger partial charge is 0.481 e. The Labute approximate surface area is 121 Å². The molecule has 0 saturated heterocycles. The molecule has 0 aliphatic carbocycles. The van der Waals surface area contributed by atoms with E-state index >= 15 is 0 Å². The molecular formula is C15H13N3O3. The third-order valence-corrected chi connectivity index (χ3v) is 2.51.